The SMILES string of the molecule is CC(O)(C#CCOc1cccc2c1C(=O)N(C13CCC(C1)C(=O)NC3=O)C2=O)CCCN1CCC(N=C/C(=C\N)C2CNc3cccc(-c4cc(F)c(CN5CCOCC5)c(F)c4)c3N2)CC1. The fraction of sp³-hybridized carbons (Fsp3) is 0.460. The van der Waals surface area contributed by atoms with Gasteiger partial charge in [0.2, 0.25) is 5.91 Å². The lowest BCUT2D eigenvalue weighted by Crippen LogP contribution is -2.63. The number of nitrogens with zero attached hydrogens (tertiary/aromatic N) is 4. The van der Waals surface area contributed by atoms with E-state index in [0.717, 1.165) is 54.3 Å². The molecule has 5 aliphatic heterocycles. The first-order valence-corrected chi connectivity index (χ1v) is 23.2. The highest BCUT2D eigenvalue weighted by Crippen LogP contribution is 2.47. The van der Waals surface area contributed by atoms with E-state index in [0.29, 0.717) is 63.2 Å². The summed E-state index contributed by atoms with van der Waals surface area (Å²) in [5.74, 6) is 2.09. The molecule has 67 heavy (non-hydrogen) atoms. The molecule has 15 nitrogen and oxygen atoms in total. The molecule has 6 N–H and O–H groups in total. The monoisotopic (exact) mass is 918 g/mol. The Morgan fingerprint density at radius 2 is 1.76 bits per heavy atom. The topological polar surface area (TPSA) is 191 Å². The molecule has 9 rings (SSSR count). The maximum atomic E-state index is 15.4. The van der Waals surface area contributed by atoms with Crippen LogP contribution in [0.5, 0.6) is 5.75 Å². The number of imide groups is 2. The summed E-state index contributed by atoms with van der Waals surface area (Å²) in [6, 6.07) is 13.0. The number of carbonyl (C=O) groups is 4. The molecule has 0 spiro atoms. The lowest BCUT2D eigenvalue weighted by molar-refractivity contribution is -0.141. The zero-order valence-electron chi connectivity index (χ0n) is 37.5. The number of rotatable bonds is 13. The number of fused-ring (bicyclic) bond motifs is 4. The molecule has 1 saturated carbocycles. The summed E-state index contributed by atoms with van der Waals surface area (Å²) >= 11 is 0. The van der Waals surface area contributed by atoms with Gasteiger partial charge >= 0.3 is 0 Å². The first-order chi connectivity index (χ1) is 32.3. The minimum atomic E-state index is -1.40. The highest BCUT2D eigenvalue weighted by Gasteiger charge is 2.61. The van der Waals surface area contributed by atoms with E-state index in [1.54, 1.807) is 25.3 Å². The molecule has 0 radical (unpaired) electrons. The summed E-state index contributed by atoms with van der Waals surface area (Å²) < 4.78 is 42.1. The van der Waals surface area contributed by atoms with Crippen molar-refractivity contribution in [1.82, 2.24) is 20.0 Å². The maximum absolute atomic E-state index is 15.4. The third-order valence-electron chi connectivity index (χ3n) is 14.0. The Balaban J connectivity index is 0.732. The van der Waals surface area contributed by atoms with Crippen LogP contribution < -0.4 is 26.4 Å². The fourth-order valence-electron chi connectivity index (χ4n) is 10.3. The van der Waals surface area contributed by atoms with Gasteiger partial charge in [0.25, 0.3) is 17.7 Å². The van der Waals surface area contributed by atoms with Gasteiger partial charge in [0.1, 0.15) is 35.1 Å². The van der Waals surface area contributed by atoms with Crippen LogP contribution in [0.2, 0.25) is 0 Å². The summed E-state index contributed by atoms with van der Waals surface area (Å²) in [5.41, 5.74) is 7.17. The van der Waals surface area contributed by atoms with Gasteiger partial charge in [0, 0.05) is 74.3 Å². The van der Waals surface area contributed by atoms with Crippen LogP contribution in [0.15, 0.2) is 65.3 Å². The summed E-state index contributed by atoms with van der Waals surface area (Å²) in [6.07, 6.45) is 6.96. The number of hydrogen-bond acceptors (Lipinski definition) is 13. The van der Waals surface area contributed by atoms with Crippen LogP contribution in [0.25, 0.3) is 11.1 Å². The van der Waals surface area contributed by atoms with Crippen molar-refractivity contribution in [3.05, 3.63) is 88.6 Å². The minimum Gasteiger partial charge on any atom is -0.480 e. The maximum Gasteiger partial charge on any atom is 0.266 e. The third kappa shape index (κ3) is 9.40. The number of nitrogens with two attached hydrogens (primary N) is 1. The molecular weight excluding hydrogens is 863 g/mol. The van der Waals surface area contributed by atoms with Crippen molar-refractivity contribution < 1.29 is 42.5 Å². The largest absolute Gasteiger partial charge is 0.480 e. The summed E-state index contributed by atoms with van der Waals surface area (Å²) in [6.45, 7) is 7.05. The van der Waals surface area contributed by atoms with E-state index in [2.05, 4.69) is 32.7 Å². The van der Waals surface area contributed by atoms with Crippen molar-refractivity contribution in [2.75, 3.05) is 69.7 Å². The highest BCUT2D eigenvalue weighted by molar-refractivity contribution is 6.25. The molecule has 3 saturated heterocycles. The van der Waals surface area contributed by atoms with Crippen molar-refractivity contribution in [2.45, 2.75) is 81.6 Å². The van der Waals surface area contributed by atoms with Gasteiger partial charge in [-0.25, -0.2) is 8.78 Å². The molecule has 352 valence electrons. The molecule has 0 aromatic heterocycles. The van der Waals surface area contributed by atoms with Crippen molar-refractivity contribution in [3.63, 3.8) is 0 Å². The second-order valence-corrected chi connectivity index (χ2v) is 18.5. The Hall–Kier alpha value is -6.19. The molecule has 4 unspecified atom stereocenters. The molecule has 17 heteroatoms. The molecule has 3 aromatic carbocycles. The van der Waals surface area contributed by atoms with Gasteiger partial charge in [-0.05, 0) is 94.3 Å². The number of morpholine rings is 1. The van der Waals surface area contributed by atoms with E-state index in [1.807, 2.05) is 29.3 Å². The van der Waals surface area contributed by atoms with Crippen LogP contribution in [0.3, 0.4) is 0 Å². The number of para-hydroxylation sites is 1. The van der Waals surface area contributed by atoms with Crippen LogP contribution in [0.4, 0.5) is 20.2 Å². The first kappa shape index (κ1) is 45.9. The number of amides is 4. The molecule has 4 atom stereocenters. The minimum absolute atomic E-state index is 0.0541. The van der Waals surface area contributed by atoms with E-state index in [1.165, 1.54) is 18.2 Å². The van der Waals surface area contributed by atoms with Crippen LogP contribution in [-0.2, 0) is 20.9 Å². The number of likely N-dealkylation sites (tertiary alicyclic amines) is 1. The molecule has 4 fully saturated rings. The standard InChI is InChI=1S/C50H56F2N8O7/c1-49(65,14-5-21-67-42-9-3-7-36-43(42)47(63)60(46(36)62)50-15-10-31(26-50)45(61)57-48(50)64)13-4-16-58-17-11-34(12-18-58)54-28-33(27-53)41-29-55-40-8-2-6-35(44(40)56-41)32-24-38(51)37(39(52)25-32)30-59-19-22-66-23-20-59/h2-3,6-9,24-25,27-28,31,34,41,55-56,65H,4,10-13,15-23,26,29-30,53H2,1H3,(H,57,61,64)/b33-27+,54-28?. The number of hydrogen-bond donors (Lipinski definition) is 5. The predicted octanol–water partition coefficient (Wildman–Crippen LogP) is 4.45. The number of benzene rings is 3. The Morgan fingerprint density at radius 3 is 2.52 bits per heavy atom. The van der Waals surface area contributed by atoms with Gasteiger partial charge in [0.05, 0.1) is 47.8 Å². The predicted molar refractivity (Wildman–Crippen MR) is 247 cm³/mol. The smallest absolute Gasteiger partial charge is 0.266 e. The Labute approximate surface area is 388 Å². The molecular formula is C50H56F2N8O7. The quantitative estimate of drug-likeness (QED) is 0.0922. The summed E-state index contributed by atoms with van der Waals surface area (Å²) in [5, 5.41) is 20.4. The van der Waals surface area contributed by atoms with Crippen LogP contribution in [0.1, 0.15) is 78.1 Å². The summed E-state index contributed by atoms with van der Waals surface area (Å²) in [7, 11) is 0. The van der Waals surface area contributed by atoms with Crippen molar-refractivity contribution in [3.8, 4) is 28.7 Å². The van der Waals surface area contributed by atoms with Crippen LogP contribution >= 0.6 is 0 Å². The van der Waals surface area contributed by atoms with E-state index in [9.17, 15) is 24.3 Å². The number of aliphatic imine (C=N–C) groups is 1. The van der Waals surface area contributed by atoms with Crippen molar-refractivity contribution >= 4 is 41.2 Å². The van der Waals surface area contributed by atoms with Gasteiger partial charge < -0.3 is 35.8 Å². The fourth-order valence-corrected chi connectivity index (χ4v) is 10.3. The Bertz CT molecular complexity index is 2550. The van der Waals surface area contributed by atoms with Gasteiger partial charge in [-0.15, -0.1) is 0 Å². The van der Waals surface area contributed by atoms with Gasteiger partial charge in [-0.2, -0.15) is 0 Å². The highest BCUT2D eigenvalue weighted by atomic mass is 19.1. The Kier molecular flexibility index (Phi) is 13.2. The zero-order chi connectivity index (χ0) is 46.9. The number of halogens is 2. The van der Waals surface area contributed by atoms with Gasteiger partial charge in [-0.1, -0.05) is 30.0 Å². The number of carbonyl (C=O) groups excluding carboxylic acids is 4. The third-order valence-corrected chi connectivity index (χ3v) is 14.0. The van der Waals surface area contributed by atoms with Gasteiger partial charge in [0.15, 0.2) is 0 Å². The normalized spacial score (nSPS) is 24.4. The van der Waals surface area contributed by atoms with Crippen LogP contribution in [-0.4, -0.2) is 132 Å². The zero-order valence-corrected chi connectivity index (χ0v) is 37.5. The molecule has 2 bridgehead atoms. The average molecular weight is 919 g/mol. The van der Waals surface area contributed by atoms with E-state index in [4.69, 9.17) is 20.2 Å². The van der Waals surface area contributed by atoms with Crippen molar-refractivity contribution in [1.29, 1.82) is 0 Å². The average Bonchev–Trinajstić information content (AvgIpc) is 3.85. The summed E-state index contributed by atoms with van der Waals surface area (Å²) in [4.78, 5) is 62.7. The number of nitrogens with one attached hydrogen (secondary N) is 3. The molecule has 6 aliphatic rings. The lowest BCUT2D eigenvalue weighted by Gasteiger charge is -2.37. The van der Waals surface area contributed by atoms with Crippen molar-refractivity contribution in [2.24, 2.45) is 16.6 Å². The molecule has 4 amide bonds. The number of ether oxygens (including phenoxy) is 2. The Morgan fingerprint density at radius 1 is 1.01 bits per heavy atom. The lowest BCUT2D eigenvalue weighted by atomic mass is 9.89. The number of piperidine rings is 2. The second-order valence-electron chi connectivity index (χ2n) is 18.5. The number of aliphatic hydroxyl groups is 1. The van der Waals surface area contributed by atoms with Gasteiger partial charge in [-0.3, -0.25) is 39.3 Å². The molecule has 3 aromatic rings. The van der Waals surface area contributed by atoms with E-state index >= 15 is 8.78 Å². The van der Waals surface area contributed by atoms with E-state index < -0.39 is 46.4 Å². The number of anilines is 2. The molecule has 1 aliphatic carbocycles. The van der Waals surface area contributed by atoms with E-state index in [-0.39, 0.29) is 66.4 Å². The second kappa shape index (κ2) is 19.2. The van der Waals surface area contributed by atoms with Crippen LogP contribution in [0, 0.1) is 29.4 Å². The molecule has 5 heterocycles. The first-order valence-electron chi connectivity index (χ1n) is 23.2.